The first kappa shape index (κ1) is 21.0. The Morgan fingerprint density at radius 2 is 1.73 bits per heavy atom. The molecule has 160 valence electrons. The summed E-state index contributed by atoms with van der Waals surface area (Å²) in [5, 5.41) is 0.734. The summed E-state index contributed by atoms with van der Waals surface area (Å²) in [4.78, 5) is 27.9. The highest BCUT2D eigenvalue weighted by molar-refractivity contribution is 6.30. The third-order valence-corrected chi connectivity index (χ3v) is 6.78. The Labute approximate surface area is 182 Å². The molecule has 7 nitrogen and oxygen atoms in total. The molecule has 2 aromatic rings. The Hall–Kier alpha value is -2.22. The van der Waals surface area contributed by atoms with Crippen molar-refractivity contribution < 1.29 is 4.79 Å². The molecule has 0 atom stereocenters. The van der Waals surface area contributed by atoms with Crippen molar-refractivity contribution in [3.8, 4) is 0 Å². The van der Waals surface area contributed by atoms with Crippen molar-refractivity contribution in [2.75, 3.05) is 57.3 Å². The van der Waals surface area contributed by atoms with Crippen molar-refractivity contribution >= 4 is 23.3 Å². The van der Waals surface area contributed by atoms with E-state index >= 15 is 0 Å². The molecule has 0 spiro atoms. The third kappa shape index (κ3) is 4.58. The number of anilines is 1. The molecule has 4 rings (SSSR count). The van der Waals surface area contributed by atoms with Crippen LogP contribution in [0.4, 0.5) is 5.82 Å². The summed E-state index contributed by atoms with van der Waals surface area (Å²) >= 11 is 6.04. The quantitative estimate of drug-likeness (QED) is 0.782. The van der Waals surface area contributed by atoms with Crippen molar-refractivity contribution in [1.82, 2.24) is 19.8 Å². The average Bonchev–Trinajstić information content (AvgIpc) is 2.80. The number of likely N-dealkylation sites (tertiary alicyclic amines) is 1. The Bertz CT molecular complexity index is 830. The first-order valence-corrected chi connectivity index (χ1v) is 10.9. The lowest BCUT2D eigenvalue weighted by Crippen LogP contribution is -2.53. The maximum Gasteiger partial charge on any atom is 0.236 e. The molecule has 0 saturated carbocycles. The Kier molecular flexibility index (Phi) is 6.51. The zero-order valence-electron chi connectivity index (χ0n) is 17.2. The minimum absolute atomic E-state index is 0.0658. The molecule has 1 aromatic heterocycles. The number of hydrogen-bond acceptors (Lipinski definition) is 6. The Morgan fingerprint density at radius 3 is 2.33 bits per heavy atom. The van der Waals surface area contributed by atoms with Crippen molar-refractivity contribution in [2.24, 2.45) is 5.73 Å². The molecule has 2 saturated heterocycles. The van der Waals surface area contributed by atoms with E-state index in [2.05, 4.69) is 31.9 Å². The number of halogens is 1. The monoisotopic (exact) mass is 428 g/mol. The van der Waals surface area contributed by atoms with Crippen LogP contribution in [0.2, 0.25) is 5.02 Å². The second-order valence-electron chi connectivity index (χ2n) is 8.20. The highest BCUT2D eigenvalue weighted by Gasteiger charge is 2.36. The number of amides is 1. The number of nitrogens with two attached hydrogens (primary N) is 1. The topological polar surface area (TPSA) is 78.6 Å². The van der Waals surface area contributed by atoms with Crippen molar-refractivity contribution in [2.45, 2.75) is 18.3 Å². The number of carbonyl (C=O) groups is 1. The number of carbonyl (C=O) groups excluding carboxylic acids is 1. The molecule has 2 fully saturated rings. The van der Waals surface area contributed by atoms with Crippen LogP contribution >= 0.6 is 11.6 Å². The summed E-state index contributed by atoms with van der Waals surface area (Å²) in [5.41, 5.74) is 7.34. The van der Waals surface area contributed by atoms with Crippen molar-refractivity contribution in [3.63, 3.8) is 0 Å². The molecular weight excluding hydrogens is 400 g/mol. The molecule has 30 heavy (non-hydrogen) atoms. The van der Waals surface area contributed by atoms with Crippen LogP contribution in [0.15, 0.2) is 42.9 Å². The zero-order chi connectivity index (χ0) is 21.0. The molecule has 0 radical (unpaired) electrons. The van der Waals surface area contributed by atoms with Crippen LogP contribution in [0, 0.1) is 0 Å². The summed E-state index contributed by atoms with van der Waals surface area (Å²) in [6.07, 6.45) is 6.96. The molecule has 2 aliphatic heterocycles. The summed E-state index contributed by atoms with van der Waals surface area (Å²) < 4.78 is 0. The number of rotatable bonds is 5. The van der Waals surface area contributed by atoms with Gasteiger partial charge in [0.25, 0.3) is 0 Å². The lowest BCUT2D eigenvalue weighted by Gasteiger charge is -2.42. The van der Waals surface area contributed by atoms with Gasteiger partial charge in [0.05, 0.1) is 12.7 Å². The first-order chi connectivity index (χ1) is 14.6. The molecule has 0 unspecified atom stereocenters. The van der Waals surface area contributed by atoms with E-state index in [0.717, 1.165) is 63.0 Å². The van der Waals surface area contributed by atoms with Gasteiger partial charge in [-0.3, -0.25) is 14.7 Å². The minimum atomic E-state index is -0.0658. The second kappa shape index (κ2) is 9.29. The SMILES string of the molecule is NCC1(c2ccc(Cl)cc2)CCN(C(=O)CN2CCN(c3cnccn3)CC2)CC1. The number of aromatic nitrogens is 2. The van der Waals surface area contributed by atoms with E-state index in [1.165, 1.54) is 5.56 Å². The summed E-state index contributed by atoms with van der Waals surface area (Å²) in [7, 11) is 0. The highest BCUT2D eigenvalue weighted by Crippen LogP contribution is 2.35. The van der Waals surface area contributed by atoms with Gasteiger partial charge in [0.15, 0.2) is 0 Å². The standard InChI is InChI=1S/C22H29ClN6O/c23-19-3-1-18(2-4-19)22(17-24)5-9-29(10-6-22)21(30)16-27-11-13-28(14-12-27)20-15-25-7-8-26-20/h1-4,7-8,15H,5-6,9-14,16-17,24H2. The Balaban J connectivity index is 1.28. The van der Waals surface area contributed by atoms with Crippen LogP contribution in [0.5, 0.6) is 0 Å². The van der Waals surface area contributed by atoms with Crippen molar-refractivity contribution in [3.05, 3.63) is 53.4 Å². The summed E-state index contributed by atoms with van der Waals surface area (Å²) in [6.45, 7) is 5.99. The van der Waals surface area contributed by atoms with Crippen LogP contribution in [0.1, 0.15) is 18.4 Å². The van der Waals surface area contributed by atoms with Gasteiger partial charge in [0, 0.05) is 68.6 Å². The minimum Gasteiger partial charge on any atom is -0.353 e. The molecule has 0 aliphatic carbocycles. The summed E-state index contributed by atoms with van der Waals surface area (Å²) in [5.74, 6) is 1.12. The zero-order valence-corrected chi connectivity index (χ0v) is 18.0. The highest BCUT2D eigenvalue weighted by atomic mass is 35.5. The van der Waals surface area contributed by atoms with Crippen molar-refractivity contribution in [1.29, 1.82) is 0 Å². The fourth-order valence-corrected chi connectivity index (χ4v) is 4.61. The van der Waals surface area contributed by atoms with Crippen LogP contribution in [-0.4, -0.2) is 78.0 Å². The van der Waals surface area contributed by atoms with Crippen LogP contribution < -0.4 is 10.6 Å². The van der Waals surface area contributed by atoms with Gasteiger partial charge < -0.3 is 15.5 Å². The predicted octanol–water partition coefficient (Wildman–Crippen LogP) is 1.77. The van der Waals surface area contributed by atoms with E-state index in [1.807, 2.05) is 17.0 Å². The lowest BCUT2D eigenvalue weighted by molar-refractivity contribution is -0.134. The fourth-order valence-electron chi connectivity index (χ4n) is 4.48. The molecule has 0 bridgehead atoms. The van der Waals surface area contributed by atoms with Crippen LogP contribution in [-0.2, 0) is 10.2 Å². The van der Waals surface area contributed by atoms with Crippen LogP contribution in [0.25, 0.3) is 0 Å². The second-order valence-corrected chi connectivity index (χ2v) is 8.64. The van der Waals surface area contributed by atoms with Gasteiger partial charge in [0.1, 0.15) is 5.82 Å². The number of piperidine rings is 1. The van der Waals surface area contributed by atoms with E-state index in [1.54, 1.807) is 18.6 Å². The molecular formula is C22H29ClN6O. The smallest absolute Gasteiger partial charge is 0.236 e. The molecule has 1 amide bonds. The van der Waals surface area contributed by atoms with Gasteiger partial charge >= 0.3 is 0 Å². The lowest BCUT2D eigenvalue weighted by atomic mass is 9.73. The Morgan fingerprint density at radius 1 is 1.03 bits per heavy atom. The fraction of sp³-hybridized carbons (Fsp3) is 0.500. The number of hydrogen-bond donors (Lipinski definition) is 1. The van der Waals surface area contributed by atoms with Gasteiger partial charge in [-0.2, -0.15) is 0 Å². The largest absolute Gasteiger partial charge is 0.353 e. The molecule has 2 aliphatic rings. The normalized spacial score (nSPS) is 19.7. The average molecular weight is 429 g/mol. The maximum atomic E-state index is 12.9. The number of nitrogens with zero attached hydrogens (tertiary/aromatic N) is 5. The van der Waals surface area contributed by atoms with Gasteiger partial charge in [-0.1, -0.05) is 23.7 Å². The van der Waals surface area contributed by atoms with Crippen LogP contribution in [0.3, 0.4) is 0 Å². The van der Waals surface area contributed by atoms with Gasteiger partial charge in [-0.05, 0) is 30.5 Å². The molecule has 2 N–H and O–H groups in total. The number of benzene rings is 1. The predicted molar refractivity (Wildman–Crippen MR) is 119 cm³/mol. The van der Waals surface area contributed by atoms with E-state index in [0.29, 0.717) is 13.1 Å². The molecule has 3 heterocycles. The third-order valence-electron chi connectivity index (χ3n) is 6.53. The van der Waals surface area contributed by atoms with E-state index in [9.17, 15) is 4.79 Å². The first-order valence-electron chi connectivity index (χ1n) is 10.6. The maximum absolute atomic E-state index is 12.9. The van der Waals surface area contributed by atoms with E-state index in [-0.39, 0.29) is 11.3 Å². The molecule has 1 aromatic carbocycles. The van der Waals surface area contributed by atoms with E-state index in [4.69, 9.17) is 17.3 Å². The number of piperazine rings is 1. The van der Waals surface area contributed by atoms with E-state index < -0.39 is 0 Å². The van der Waals surface area contributed by atoms with Gasteiger partial charge in [-0.15, -0.1) is 0 Å². The van der Waals surface area contributed by atoms with Gasteiger partial charge in [-0.25, -0.2) is 4.98 Å². The molecule has 8 heteroatoms. The summed E-state index contributed by atoms with van der Waals surface area (Å²) in [6, 6.07) is 7.99. The van der Waals surface area contributed by atoms with Gasteiger partial charge in [0.2, 0.25) is 5.91 Å².